The van der Waals surface area contributed by atoms with E-state index in [0.29, 0.717) is 30.2 Å². The van der Waals surface area contributed by atoms with E-state index < -0.39 is 10.0 Å². The van der Waals surface area contributed by atoms with Gasteiger partial charge in [-0.15, -0.1) is 22.7 Å². The molecule has 0 unspecified atom stereocenters. The smallest absolute Gasteiger partial charge is 0.277 e. The highest BCUT2D eigenvalue weighted by molar-refractivity contribution is 7.89. The van der Waals surface area contributed by atoms with Crippen LogP contribution in [0.2, 0.25) is 0 Å². The molecule has 0 atom stereocenters. The van der Waals surface area contributed by atoms with Crippen LogP contribution in [0.25, 0.3) is 9.88 Å². The summed E-state index contributed by atoms with van der Waals surface area (Å²) in [4.78, 5) is 20.8. The number of rotatable bonds is 4. The van der Waals surface area contributed by atoms with E-state index in [1.54, 1.807) is 44.1 Å². The number of hydrogen-bond acceptors (Lipinski definition) is 6. The summed E-state index contributed by atoms with van der Waals surface area (Å²) < 4.78 is 27.4. The molecule has 0 aliphatic carbocycles. The molecule has 0 radical (unpaired) electrons. The fourth-order valence-electron chi connectivity index (χ4n) is 4.05. The van der Waals surface area contributed by atoms with Gasteiger partial charge in [0.25, 0.3) is 5.91 Å². The minimum absolute atomic E-state index is 0.134. The zero-order valence-electron chi connectivity index (χ0n) is 16.3. The third-order valence-corrected chi connectivity index (χ3v) is 9.35. The predicted octanol–water partition coefficient (Wildman–Crippen LogP) is 4.25. The number of fused-ring (bicyclic) bond motifs is 1. The molecule has 1 saturated heterocycles. The average Bonchev–Trinajstić information content (AvgIpc) is 3.53. The molecule has 2 aliphatic rings. The molecule has 0 spiro atoms. The van der Waals surface area contributed by atoms with Gasteiger partial charge in [-0.25, -0.2) is 13.4 Å². The van der Waals surface area contributed by atoms with Crippen LogP contribution in [0.1, 0.15) is 35.3 Å². The number of nitrogens with zero attached hydrogens (tertiary/aromatic N) is 3. The minimum Gasteiger partial charge on any atom is -0.307 e. The number of amides is 1. The molecule has 30 heavy (non-hydrogen) atoms. The Hall–Kier alpha value is -2.07. The van der Waals surface area contributed by atoms with E-state index in [9.17, 15) is 13.2 Å². The van der Waals surface area contributed by atoms with Crippen LogP contribution in [0.4, 0.5) is 5.69 Å². The Bertz CT molecular complexity index is 1180. The van der Waals surface area contributed by atoms with Crippen LogP contribution in [0.3, 0.4) is 0 Å². The molecule has 1 amide bonds. The summed E-state index contributed by atoms with van der Waals surface area (Å²) in [5.74, 6) is -0.134. The zero-order valence-corrected chi connectivity index (χ0v) is 18.7. The highest BCUT2D eigenvalue weighted by atomic mass is 32.2. The highest BCUT2D eigenvalue weighted by Gasteiger charge is 2.30. The number of thiazole rings is 1. The van der Waals surface area contributed by atoms with Crippen molar-refractivity contribution in [2.75, 3.05) is 24.5 Å². The zero-order chi connectivity index (χ0) is 20.7. The van der Waals surface area contributed by atoms with E-state index in [1.165, 1.54) is 11.3 Å². The maximum atomic E-state index is 13.2. The monoisotopic (exact) mass is 459 g/mol. The lowest BCUT2D eigenvalue weighted by Gasteiger charge is -2.29. The number of anilines is 1. The highest BCUT2D eigenvalue weighted by Crippen LogP contribution is 2.33. The lowest BCUT2D eigenvalue weighted by Crippen LogP contribution is -2.36. The van der Waals surface area contributed by atoms with Crippen molar-refractivity contribution < 1.29 is 13.2 Å². The van der Waals surface area contributed by atoms with Crippen molar-refractivity contribution in [3.05, 3.63) is 52.3 Å². The number of hydrogen-bond donors (Lipinski definition) is 0. The Balaban J connectivity index is 1.43. The fourth-order valence-corrected chi connectivity index (χ4v) is 7.22. The number of aryl methyl sites for hydroxylation is 1. The predicted molar refractivity (Wildman–Crippen MR) is 120 cm³/mol. The molecule has 5 rings (SSSR count). The first-order chi connectivity index (χ1) is 14.5. The van der Waals surface area contributed by atoms with E-state index in [2.05, 4.69) is 4.98 Å². The number of benzene rings is 1. The number of thiophene rings is 1. The third-order valence-electron chi connectivity index (χ3n) is 5.57. The van der Waals surface area contributed by atoms with Crippen LogP contribution in [-0.2, 0) is 16.4 Å². The van der Waals surface area contributed by atoms with E-state index in [1.807, 2.05) is 17.5 Å². The summed E-state index contributed by atoms with van der Waals surface area (Å²) in [5.41, 5.74) is 2.13. The van der Waals surface area contributed by atoms with Crippen molar-refractivity contribution in [2.24, 2.45) is 0 Å². The van der Waals surface area contributed by atoms with Gasteiger partial charge in [0, 0.05) is 30.7 Å². The van der Waals surface area contributed by atoms with Crippen LogP contribution < -0.4 is 4.90 Å². The molecule has 0 N–H and O–H groups in total. The van der Waals surface area contributed by atoms with E-state index >= 15 is 0 Å². The fraction of sp³-hybridized carbons (Fsp3) is 0.333. The molecule has 0 saturated carbocycles. The number of carbonyl (C=O) groups is 1. The first-order valence-electron chi connectivity index (χ1n) is 9.98. The molecule has 2 aromatic heterocycles. The second-order valence-corrected chi connectivity index (χ2v) is 11.2. The average molecular weight is 460 g/mol. The Morgan fingerprint density at radius 3 is 2.63 bits per heavy atom. The van der Waals surface area contributed by atoms with Crippen molar-refractivity contribution in [3.63, 3.8) is 0 Å². The van der Waals surface area contributed by atoms with Crippen LogP contribution in [0, 0.1) is 0 Å². The van der Waals surface area contributed by atoms with Crippen molar-refractivity contribution in [1.82, 2.24) is 9.29 Å². The molecule has 4 heterocycles. The summed E-state index contributed by atoms with van der Waals surface area (Å²) in [6, 6.07) is 9.13. The van der Waals surface area contributed by atoms with Crippen LogP contribution in [-0.4, -0.2) is 43.2 Å². The van der Waals surface area contributed by atoms with Gasteiger partial charge in [-0.05, 0) is 60.9 Å². The van der Waals surface area contributed by atoms with Crippen molar-refractivity contribution in [1.29, 1.82) is 0 Å². The van der Waals surface area contributed by atoms with Gasteiger partial charge >= 0.3 is 0 Å². The maximum absolute atomic E-state index is 13.2. The van der Waals surface area contributed by atoms with Crippen LogP contribution in [0.5, 0.6) is 0 Å². The number of carbonyl (C=O) groups excluding carboxylic acids is 1. The molecule has 2 aliphatic heterocycles. The molecule has 6 nitrogen and oxygen atoms in total. The van der Waals surface area contributed by atoms with Gasteiger partial charge in [0.1, 0.15) is 10.7 Å². The summed E-state index contributed by atoms with van der Waals surface area (Å²) in [6.07, 6.45) is 3.38. The van der Waals surface area contributed by atoms with Crippen molar-refractivity contribution in [3.8, 4) is 9.88 Å². The molecule has 3 aromatic rings. The Morgan fingerprint density at radius 2 is 1.87 bits per heavy atom. The van der Waals surface area contributed by atoms with Gasteiger partial charge in [0.2, 0.25) is 10.0 Å². The van der Waals surface area contributed by atoms with Gasteiger partial charge < -0.3 is 4.90 Å². The van der Waals surface area contributed by atoms with Crippen molar-refractivity contribution >= 4 is 44.3 Å². The molecule has 1 fully saturated rings. The molecule has 9 heteroatoms. The second kappa shape index (κ2) is 7.88. The van der Waals surface area contributed by atoms with Gasteiger partial charge in [0.15, 0.2) is 0 Å². The first kappa shape index (κ1) is 19.9. The third kappa shape index (κ3) is 3.49. The molecule has 156 valence electrons. The van der Waals surface area contributed by atoms with Gasteiger partial charge in [-0.3, -0.25) is 4.79 Å². The van der Waals surface area contributed by atoms with E-state index in [0.717, 1.165) is 46.8 Å². The largest absolute Gasteiger partial charge is 0.307 e. The summed E-state index contributed by atoms with van der Waals surface area (Å²) >= 11 is 3.07. The van der Waals surface area contributed by atoms with E-state index in [-0.39, 0.29) is 5.91 Å². The van der Waals surface area contributed by atoms with Crippen LogP contribution in [0.15, 0.2) is 46.0 Å². The van der Waals surface area contributed by atoms with Gasteiger partial charge in [-0.1, -0.05) is 6.07 Å². The lowest BCUT2D eigenvalue weighted by molar-refractivity contribution is 0.0981. The molecule has 1 aromatic carbocycles. The van der Waals surface area contributed by atoms with Gasteiger partial charge in [0.05, 0.1) is 9.77 Å². The Labute approximate surface area is 183 Å². The lowest BCUT2D eigenvalue weighted by atomic mass is 10.0. The SMILES string of the molecule is O=C(c1csc(-c2cccs2)n1)N1CCCc2cc(S(=O)(=O)N3CCCC3)ccc21. The van der Waals surface area contributed by atoms with Crippen molar-refractivity contribution in [2.45, 2.75) is 30.6 Å². The first-order valence-corrected chi connectivity index (χ1v) is 13.2. The molecule has 0 bridgehead atoms. The summed E-state index contributed by atoms with van der Waals surface area (Å²) in [6.45, 7) is 1.77. The van der Waals surface area contributed by atoms with Gasteiger partial charge in [-0.2, -0.15) is 4.31 Å². The molecular formula is C21H21N3O3S3. The number of sulfonamides is 1. The van der Waals surface area contributed by atoms with E-state index in [4.69, 9.17) is 0 Å². The molecular weight excluding hydrogens is 438 g/mol. The quantitative estimate of drug-likeness (QED) is 0.585. The summed E-state index contributed by atoms with van der Waals surface area (Å²) in [5, 5.41) is 4.64. The normalized spacial score (nSPS) is 17.3. The minimum atomic E-state index is -3.46. The second-order valence-electron chi connectivity index (χ2n) is 7.48. The summed E-state index contributed by atoms with van der Waals surface area (Å²) in [7, 11) is -3.46. The topological polar surface area (TPSA) is 70.6 Å². The Kier molecular flexibility index (Phi) is 5.22. The Morgan fingerprint density at radius 1 is 1.03 bits per heavy atom. The standard InChI is InChI=1S/C21H21N3O3S3/c25-21(17-14-29-20(22-17)19-6-4-12-28-19)24-11-3-5-15-13-16(7-8-18(15)24)30(26,27)23-9-1-2-10-23/h4,6-8,12-14H,1-3,5,9-11H2. The maximum Gasteiger partial charge on any atom is 0.277 e. The number of aromatic nitrogens is 1. The van der Waals surface area contributed by atoms with Crippen LogP contribution >= 0.6 is 22.7 Å².